The van der Waals surface area contributed by atoms with Crippen LogP contribution in [0.2, 0.25) is 0 Å². The van der Waals surface area contributed by atoms with Gasteiger partial charge in [0.05, 0.1) is 17.9 Å². The number of carbonyl (C=O) groups is 3. The summed E-state index contributed by atoms with van der Waals surface area (Å²) in [7, 11) is -4.34. The highest BCUT2D eigenvalue weighted by molar-refractivity contribution is 7.54. The van der Waals surface area contributed by atoms with Gasteiger partial charge in [-0.1, -0.05) is 0 Å². The number of anilines is 1. The average Bonchev–Trinajstić information content (AvgIpc) is 3.49. The fourth-order valence-corrected chi connectivity index (χ4v) is 6.17. The summed E-state index contributed by atoms with van der Waals surface area (Å²) in [6, 6.07) is 3.05. The number of esters is 3. The van der Waals surface area contributed by atoms with E-state index in [9.17, 15) is 24.2 Å². The van der Waals surface area contributed by atoms with Crippen molar-refractivity contribution in [1.29, 1.82) is 5.26 Å². The smallest absolute Gasteiger partial charge is 0.342 e. The summed E-state index contributed by atoms with van der Waals surface area (Å²) in [5.41, 5.74) is 4.98. The molecule has 1 fully saturated rings. The second-order valence-electron chi connectivity index (χ2n) is 10.6. The lowest BCUT2D eigenvalue weighted by atomic mass is 9.98. The van der Waals surface area contributed by atoms with Gasteiger partial charge in [0.25, 0.3) is 0 Å². The van der Waals surface area contributed by atoms with Crippen LogP contribution >= 0.6 is 7.67 Å². The minimum Gasteiger partial charge on any atom is -0.462 e. The zero-order valence-corrected chi connectivity index (χ0v) is 26.0. The minimum absolute atomic E-state index is 0.0198. The fourth-order valence-electron chi connectivity index (χ4n) is 4.34. The van der Waals surface area contributed by atoms with Gasteiger partial charge in [-0.25, -0.2) is 19.7 Å². The molecule has 0 amide bonds. The van der Waals surface area contributed by atoms with Crippen LogP contribution < -0.4 is 15.9 Å². The van der Waals surface area contributed by atoms with Gasteiger partial charge in [-0.15, -0.1) is 0 Å². The number of fused-ring (bicyclic) bond motifs is 1. The average molecular weight is 624 g/mol. The van der Waals surface area contributed by atoms with E-state index in [4.69, 9.17) is 29.2 Å². The van der Waals surface area contributed by atoms with E-state index in [1.165, 1.54) is 31.6 Å². The third-order valence-corrected chi connectivity index (χ3v) is 8.19. The van der Waals surface area contributed by atoms with Gasteiger partial charge in [-0.3, -0.25) is 18.9 Å². The quantitative estimate of drug-likeness (QED) is 0.165. The van der Waals surface area contributed by atoms with Crippen molar-refractivity contribution < 1.29 is 42.4 Å². The molecule has 43 heavy (non-hydrogen) atoms. The summed E-state index contributed by atoms with van der Waals surface area (Å²) in [4.78, 5) is 41.0. The fraction of sp³-hybridized carbons (Fsp3) is 0.615. The molecule has 2 aromatic heterocycles. The molecule has 1 saturated heterocycles. The van der Waals surface area contributed by atoms with Crippen molar-refractivity contribution in [3.8, 4) is 6.07 Å². The number of nitrogen functional groups attached to an aromatic ring is 1. The van der Waals surface area contributed by atoms with Crippen LogP contribution in [0.1, 0.15) is 66.7 Å². The SMILES string of the molecule is CC(=O)O[C@H]1C[C@H](c2ccc3c(N)ncnn23)O[C@]1(C#N)COP(=O)(N[C@@H](C)C(=O)OC(C)C)N[C@@H](C)C(=O)OC(C)C. The molecule has 3 heterocycles. The van der Waals surface area contributed by atoms with Crippen LogP contribution in [-0.4, -0.2) is 75.1 Å². The number of nitriles is 1. The Morgan fingerprint density at radius 3 is 2.23 bits per heavy atom. The van der Waals surface area contributed by atoms with Crippen molar-refractivity contribution in [1.82, 2.24) is 24.8 Å². The third-order valence-electron chi connectivity index (χ3n) is 6.24. The first-order chi connectivity index (χ1) is 20.1. The second-order valence-corrected chi connectivity index (χ2v) is 12.5. The molecule has 0 bridgehead atoms. The molecule has 5 atom stereocenters. The Balaban J connectivity index is 1.92. The first kappa shape index (κ1) is 33.9. The monoisotopic (exact) mass is 623 g/mol. The van der Waals surface area contributed by atoms with E-state index in [1.807, 2.05) is 6.07 Å². The molecule has 0 unspecified atom stereocenters. The van der Waals surface area contributed by atoms with Crippen LogP contribution in [0, 0.1) is 11.3 Å². The molecule has 17 heteroatoms. The first-order valence-electron chi connectivity index (χ1n) is 13.6. The molecule has 0 aromatic carbocycles. The lowest BCUT2D eigenvalue weighted by molar-refractivity contribution is -0.155. The Labute approximate surface area is 249 Å². The Kier molecular flexibility index (Phi) is 10.9. The van der Waals surface area contributed by atoms with Crippen LogP contribution in [-0.2, 0) is 42.4 Å². The molecule has 0 spiro atoms. The molecule has 0 saturated carbocycles. The van der Waals surface area contributed by atoms with Gasteiger partial charge >= 0.3 is 25.6 Å². The Morgan fingerprint density at radius 2 is 1.72 bits per heavy atom. The van der Waals surface area contributed by atoms with Crippen molar-refractivity contribution in [2.75, 3.05) is 12.3 Å². The summed E-state index contributed by atoms with van der Waals surface area (Å²) >= 11 is 0. The number of nitrogens with zero attached hydrogens (tertiary/aromatic N) is 4. The Morgan fingerprint density at radius 1 is 1.14 bits per heavy atom. The van der Waals surface area contributed by atoms with Crippen molar-refractivity contribution in [3.63, 3.8) is 0 Å². The molecule has 2 aromatic rings. The molecule has 0 radical (unpaired) electrons. The Bertz CT molecular complexity index is 1390. The van der Waals surface area contributed by atoms with Crippen molar-refractivity contribution in [2.45, 2.75) is 97.0 Å². The molecule has 4 N–H and O–H groups in total. The largest absolute Gasteiger partial charge is 0.462 e. The molecule has 236 valence electrons. The number of nitrogens with one attached hydrogen (secondary N) is 2. The van der Waals surface area contributed by atoms with Crippen LogP contribution in [0.25, 0.3) is 5.52 Å². The summed E-state index contributed by atoms with van der Waals surface area (Å²) in [6.07, 6.45) is -1.62. The van der Waals surface area contributed by atoms with Gasteiger partial charge < -0.3 is 29.2 Å². The summed E-state index contributed by atoms with van der Waals surface area (Å²) < 4.78 is 43.4. The molecular formula is C26H38N7O9P. The van der Waals surface area contributed by atoms with E-state index >= 15 is 0 Å². The molecular weight excluding hydrogens is 585 g/mol. The zero-order valence-electron chi connectivity index (χ0n) is 25.1. The van der Waals surface area contributed by atoms with E-state index < -0.39 is 74.3 Å². The van der Waals surface area contributed by atoms with Crippen molar-refractivity contribution in [2.24, 2.45) is 0 Å². The second kappa shape index (κ2) is 13.8. The van der Waals surface area contributed by atoms with Crippen LogP contribution in [0.3, 0.4) is 0 Å². The van der Waals surface area contributed by atoms with E-state index in [0.717, 1.165) is 0 Å². The van der Waals surface area contributed by atoms with E-state index in [2.05, 4.69) is 20.3 Å². The number of ether oxygens (including phenoxy) is 4. The normalized spacial score (nSPS) is 21.9. The van der Waals surface area contributed by atoms with Gasteiger partial charge in [-0.05, 0) is 53.7 Å². The van der Waals surface area contributed by atoms with Gasteiger partial charge in [0, 0.05) is 13.3 Å². The first-order valence-corrected chi connectivity index (χ1v) is 15.3. The molecule has 1 aliphatic heterocycles. The maximum absolute atomic E-state index is 14.1. The highest BCUT2D eigenvalue weighted by Gasteiger charge is 2.54. The summed E-state index contributed by atoms with van der Waals surface area (Å²) in [5.74, 6) is -1.93. The number of rotatable bonds is 13. The maximum Gasteiger partial charge on any atom is 0.342 e. The molecule has 1 aliphatic rings. The van der Waals surface area contributed by atoms with Crippen molar-refractivity contribution in [3.05, 3.63) is 24.2 Å². The van der Waals surface area contributed by atoms with Gasteiger partial charge in [-0.2, -0.15) is 10.4 Å². The van der Waals surface area contributed by atoms with E-state index in [1.54, 1.807) is 39.8 Å². The Hall–Kier alpha value is -3.61. The predicted molar refractivity (Wildman–Crippen MR) is 151 cm³/mol. The van der Waals surface area contributed by atoms with E-state index in [-0.39, 0.29) is 12.2 Å². The summed E-state index contributed by atoms with van der Waals surface area (Å²) in [5, 5.41) is 19.7. The predicted octanol–water partition coefficient (Wildman–Crippen LogP) is 1.95. The van der Waals surface area contributed by atoms with Gasteiger partial charge in [0.2, 0.25) is 5.60 Å². The lowest BCUT2D eigenvalue weighted by Gasteiger charge is -2.31. The number of hydrogen-bond acceptors (Lipinski definition) is 13. The summed E-state index contributed by atoms with van der Waals surface area (Å²) in [6.45, 7) is 9.87. The highest BCUT2D eigenvalue weighted by atomic mass is 31.2. The standard InChI is InChI=1S/C26H38N7O9P/c1-14(2)39-24(35)16(5)31-43(37,32-17(6)25(36)40-15(3)4)38-12-26(11-27)22(41-18(7)34)10-21(42-26)19-8-9-20-23(28)29-13-30-33(19)20/h8-9,13-17,21-22H,10,12H2,1-7H3,(H2,28,29,30)(H2,31,32,37)/t16-,17-,21+,22-,26+/m0/s1. The van der Waals surface area contributed by atoms with Crippen LogP contribution in [0.15, 0.2) is 18.5 Å². The topological polar surface area (TPSA) is 218 Å². The number of aromatic nitrogens is 3. The van der Waals surface area contributed by atoms with Crippen molar-refractivity contribution >= 4 is 36.9 Å². The zero-order chi connectivity index (χ0) is 32.1. The lowest BCUT2D eigenvalue weighted by Crippen LogP contribution is -2.47. The highest BCUT2D eigenvalue weighted by Crippen LogP contribution is 2.46. The molecule has 16 nitrogen and oxygen atoms in total. The number of carbonyl (C=O) groups excluding carboxylic acids is 3. The van der Waals surface area contributed by atoms with Crippen LogP contribution in [0.5, 0.6) is 0 Å². The van der Waals surface area contributed by atoms with Gasteiger partial charge in [0.15, 0.2) is 5.82 Å². The molecule has 3 rings (SSSR count). The van der Waals surface area contributed by atoms with Gasteiger partial charge in [0.1, 0.15) is 48.8 Å². The minimum atomic E-state index is -4.34. The maximum atomic E-state index is 14.1. The number of nitrogens with two attached hydrogens (primary N) is 1. The van der Waals surface area contributed by atoms with E-state index in [0.29, 0.717) is 11.2 Å². The molecule has 0 aliphatic carbocycles. The third kappa shape index (κ3) is 8.27. The van der Waals surface area contributed by atoms with Crippen LogP contribution in [0.4, 0.5) is 5.82 Å². The number of hydrogen-bond donors (Lipinski definition) is 3.